The van der Waals surface area contributed by atoms with Gasteiger partial charge in [-0.25, -0.2) is 9.18 Å². The molecular formula is C24H26FN5O2. The number of halogens is 1. The maximum absolute atomic E-state index is 13.9. The Morgan fingerprint density at radius 3 is 2.75 bits per heavy atom. The van der Waals surface area contributed by atoms with Gasteiger partial charge in [-0.3, -0.25) is 4.90 Å². The first-order chi connectivity index (χ1) is 15.5. The monoisotopic (exact) mass is 435 g/mol. The third-order valence-electron chi connectivity index (χ3n) is 6.61. The zero-order chi connectivity index (χ0) is 22.1. The van der Waals surface area contributed by atoms with Crippen molar-refractivity contribution >= 4 is 11.7 Å². The van der Waals surface area contributed by atoms with Crippen LogP contribution in [0.25, 0.3) is 0 Å². The average Bonchev–Trinajstić information content (AvgIpc) is 3.43. The van der Waals surface area contributed by atoms with Gasteiger partial charge in [0.2, 0.25) is 5.89 Å². The second-order valence-corrected chi connectivity index (χ2v) is 8.87. The number of rotatable bonds is 5. The molecule has 2 N–H and O–H groups in total. The average molecular weight is 436 g/mol. The van der Waals surface area contributed by atoms with Crippen LogP contribution in [0.2, 0.25) is 0 Å². The largest absolute Gasteiger partial charge is 0.339 e. The van der Waals surface area contributed by atoms with Crippen molar-refractivity contribution in [2.24, 2.45) is 5.92 Å². The number of carbonyl (C=O) groups excluding carboxylic acids is 1. The molecule has 1 saturated carbocycles. The van der Waals surface area contributed by atoms with Crippen molar-refractivity contribution in [3.8, 4) is 0 Å². The summed E-state index contributed by atoms with van der Waals surface area (Å²) in [7, 11) is 0. The van der Waals surface area contributed by atoms with Crippen LogP contribution in [0.1, 0.15) is 30.1 Å². The Morgan fingerprint density at radius 2 is 2.00 bits per heavy atom. The number of aromatic nitrogens is 2. The Balaban J connectivity index is 1.30. The summed E-state index contributed by atoms with van der Waals surface area (Å²) in [6.07, 6.45) is 1.51. The predicted molar refractivity (Wildman–Crippen MR) is 117 cm³/mol. The zero-order valence-electron chi connectivity index (χ0n) is 17.9. The number of likely N-dealkylation sites (tertiary alicyclic amines) is 1. The van der Waals surface area contributed by atoms with Crippen LogP contribution < -0.4 is 10.6 Å². The molecule has 3 aromatic rings. The summed E-state index contributed by atoms with van der Waals surface area (Å²) < 4.78 is 19.5. The van der Waals surface area contributed by atoms with E-state index in [0.717, 1.165) is 26.1 Å². The number of benzene rings is 2. The predicted octanol–water partition coefficient (Wildman–Crippen LogP) is 3.87. The zero-order valence-corrected chi connectivity index (χ0v) is 17.9. The van der Waals surface area contributed by atoms with E-state index < -0.39 is 11.8 Å². The smallest absolute Gasteiger partial charge is 0.319 e. The molecule has 7 nitrogen and oxygen atoms in total. The van der Waals surface area contributed by atoms with Crippen LogP contribution in [0.15, 0.2) is 59.1 Å². The van der Waals surface area contributed by atoms with Gasteiger partial charge in [-0.1, -0.05) is 47.6 Å². The van der Waals surface area contributed by atoms with Crippen molar-refractivity contribution < 1.29 is 13.7 Å². The quantitative estimate of drug-likeness (QED) is 0.636. The molecule has 1 saturated heterocycles. The molecule has 1 aliphatic heterocycles. The van der Waals surface area contributed by atoms with Crippen LogP contribution in [0.4, 0.5) is 14.9 Å². The summed E-state index contributed by atoms with van der Waals surface area (Å²) in [5.74, 6) is 1.09. The van der Waals surface area contributed by atoms with Gasteiger partial charge in [0.25, 0.3) is 0 Å². The van der Waals surface area contributed by atoms with Crippen LogP contribution >= 0.6 is 0 Å². The molecule has 0 spiro atoms. The van der Waals surface area contributed by atoms with Crippen molar-refractivity contribution in [1.29, 1.82) is 0 Å². The molecule has 1 aliphatic carbocycles. The molecule has 2 aliphatic rings. The molecule has 1 aromatic heterocycles. The molecule has 3 atom stereocenters. The summed E-state index contributed by atoms with van der Waals surface area (Å²) in [4.78, 5) is 19.5. The van der Waals surface area contributed by atoms with E-state index in [9.17, 15) is 9.18 Å². The van der Waals surface area contributed by atoms with E-state index in [2.05, 4.69) is 49.9 Å². The first-order valence-corrected chi connectivity index (χ1v) is 10.9. The summed E-state index contributed by atoms with van der Waals surface area (Å²) in [6, 6.07) is 16.1. The standard InChI is InChI=1S/C24H26FN5O2/c1-16-26-22(32-29-16)24-12-19(27-23(31)28-21-10-6-5-9-20(21)25)11-18(24)14-30(15-24)13-17-7-3-2-4-8-17/h2-10,18-19H,11-15H2,1H3,(H2,27,28,31). The number of fused-ring (bicyclic) bond motifs is 1. The second kappa shape index (κ2) is 8.35. The summed E-state index contributed by atoms with van der Waals surface area (Å²) in [6.45, 7) is 4.37. The van der Waals surface area contributed by atoms with E-state index in [0.29, 0.717) is 18.1 Å². The van der Waals surface area contributed by atoms with E-state index in [1.54, 1.807) is 18.2 Å². The highest BCUT2D eigenvalue weighted by molar-refractivity contribution is 5.89. The first-order valence-electron chi connectivity index (χ1n) is 10.9. The minimum absolute atomic E-state index is 0.0575. The number of hydrogen-bond donors (Lipinski definition) is 2. The Labute approximate surface area is 186 Å². The normalized spacial score (nSPS) is 24.9. The van der Waals surface area contributed by atoms with Gasteiger partial charge in [0.05, 0.1) is 11.1 Å². The second-order valence-electron chi connectivity index (χ2n) is 8.87. The van der Waals surface area contributed by atoms with Gasteiger partial charge < -0.3 is 15.2 Å². The number of carbonyl (C=O) groups is 1. The molecule has 2 aromatic carbocycles. The third-order valence-corrected chi connectivity index (χ3v) is 6.61. The SMILES string of the molecule is Cc1noc(C23CC(NC(=O)Nc4ccccc4F)CC2CN(Cc2ccccc2)C3)n1. The van der Waals surface area contributed by atoms with Gasteiger partial charge in [-0.05, 0) is 43.4 Å². The lowest BCUT2D eigenvalue weighted by Gasteiger charge is -2.25. The fraction of sp³-hybridized carbons (Fsp3) is 0.375. The highest BCUT2D eigenvalue weighted by Gasteiger charge is 2.57. The molecule has 5 rings (SSSR count). The number of nitrogens with one attached hydrogen (secondary N) is 2. The van der Waals surface area contributed by atoms with Crippen molar-refractivity contribution in [3.05, 3.63) is 77.7 Å². The fourth-order valence-corrected chi connectivity index (χ4v) is 5.28. The van der Waals surface area contributed by atoms with E-state index in [1.807, 2.05) is 13.0 Å². The van der Waals surface area contributed by atoms with E-state index in [1.165, 1.54) is 11.6 Å². The van der Waals surface area contributed by atoms with Crippen molar-refractivity contribution in [2.75, 3.05) is 18.4 Å². The van der Waals surface area contributed by atoms with Crippen molar-refractivity contribution in [3.63, 3.8) is 0 Å². The third kappa shape index (κ3) is 3.98. The number of para-hydroxylation sites is 1. The number of nitrogens with zero attached hydrogens (tertiary/aromatic N) is 3. The van der Waals surface area contributed by atoms with Crippen LogP contribution in [0.3, 0.4) is 0 Å². The number of anilines is 1. The number of aryl methyl sites for hydroxylation is 1. The van der Waals surface area contributed by atoms with Gasteiger partial charge >= 0.3 is 6.03 Å². The van der Waals surface area contributed by atoms with Crippen LogP contribution in [0.5, 0.6) is 0 Å². The molecule has 32 heavy (non-hydrogen) atoms. The lowest BCUT2D eigenvalue weighted by Crippen LogP contribution is -2.40. The highest BCUT2D eigenvalue weighted by atomic mass is 19.1. The molecular weight excluding hydrogens is 409 g/mol. The Hall–Kier alpha value is -3.26. The highest BCUT2D eigenvalue weighted by Crippen LogP contribution is 2.50. The van der Waals surface area contributed by atoms with Crippen molar-refractivity contribution in [2.45, 2.75) is 37.8 Å². The lowest BCUT2D eigenvalue weighted by molar-refractivity contribution is 0.233. The van der Waals surface area contributed by atoms with Crippen molar-refractivity contribution in [1.82, 2.24) is 20.4 Å². The van der Waals surface area contributed by atoms with Crippen LogP contribution in [-0.4, -0.2) is 40.2 Å². The van der Waals surface area contributed by atoms with Gasteiger partial charge in [0.1, 0.15) is 5.82 Å². The number of amides is 2. The fourth-order valence-electron chi connectivity index (χ4n) is 5.28. The Bertz CT molecular complexity index is 1100. The van der Waals surface area contributed by atoms with Gasteiger partial charge in [-0.15, -0.1) is 0 Å². The van der Waals surface area contributed by atoms with E-state index >= 15 is 0 Å². The number of urea groups is 1. The Kier molecular flexibility index (Phi) is 5.38. The number of hydrogen-bond acceptors (Lipinski definition) is 5. The molecule has 8 heteroatoms. The van der Waals surface area contributed by atoms with Crippen LogP contribution in [-0.2, 0) is 12.0 Å². The minimum atomic E-state index is -0.458. The molecule has 0 radical (unpaired) electrons. The molecule has 3 unspecified atom stereocenters. The summed E-state index contributed by atoms with van der Waals surface area (Å²) in [5, 5.41) is 9.67. The first kappa shape index (κ1) is 20.6. The lowest BCUT2D eigenvalue weighted by atomic mass is 9.80. The summed E-state index contributed by atoms with van der Waals surface area (Å²) in [5.41, 5.74) is 1.13. The topological polar surface area (TPSA) is 83.3 Å². The maximum Gasteiger partial charge on any atom is 0.319 e. The van der Waals surface area contributed by atoms with Gasteiger partial charge in [-0.2, -0.15) is 4.98 Å². The molecule has 2 fully saturated rings. The maximum atomic E-state index is 13.9. The Morgan fingerprint density at radius 1 is 1.22 bits per heavy atom. The van der Waals surface area contributed by atoms with E-state index in [4.69, 9.17) is 4.52 Å². The summed E-state index contributed by atoms with van der Waals surface area (Å²) >= 11 is 0. The van der Waals surface area contributed by atoms with Crippen LogP contribution in [0, 0.1) is 18.7 Å². The molecule has 2 amide bonds. The molecule has 166 valence electrons. The van der Waals surface area contributed by atoms with E-state index in [-0.39, 0.29) is 23.1 Å². The van der Waals surface area contributed by atoms with Gasteiger partial charge in [0, 0.05) is 25.7 Å². The minimum Gasteiger partial charge on any atom is -0.339 e. The van der Waals surface area contributed by atoms with Gasteiger partial charge in [0.15, 0.2) is 5.82 Å². The molecule has 0 bridgehead atoms. The molecule has 2 heterocycles.